The summed E-state index contributed by atoms with van der Waals surface area (Å²) in [5, 5.41) is 28.1. The Bertz CT molecular complexity index is 3930. The molecule has 2 nitrogen and oxygen atoms in total. The largest absolute Gasteiger partial charge is 0.353 e. The Balaban J connectivity index is 0.000000125. The number of aromatic amines is 1. The van der Waals surface area contributed by atoms with E-state index in [0.717, 1.165) is 10.7 Å². The molecular formula is C60H40Br2N2. The Hall–Kier alpha value is -6.98. The smallest absolute Gasteiger partial charge is 0.0620 e. The van der Waals surface area contributed by atoms with E-state index in [1.54, 1.807) is 0 Å². The molecule has 0 bridgehead atoms. The maximum atomic E-state index is 4.24. The van der Waals surface area contributed by atoms with Crippen LogP contribution in [0.25, 0.3) is 136 Å². The SMILES string of the molecule is BrCCBr.C=Cn1c2c3ccccc3c3ccccc3c2c2c3ccccc3c3ccccc3c21.c1ccc2c(c1)c1ccccc1c1c2[nH]c2c3ccccc3c3ccccc3c21. The lowest BCUT2D eigenvalue weighted by Crippen LogP contribution is -1.89. The lowest BCUT2D eigenvalue weighted by atomic mass is 9.93. The van der Waals surface area contributed by atoms with E-state index in [2.05, 4.69) is 242 Å². The van der Waals surface area contributed by atoms with Crippen molar-refractivity contribution in [1.29, 1.82) is 0 Å². The quantitative estimate of drug-likeness (QED) is 0.132. The summed E-state index contributed by atoms with van der Waals surface area (Å²) >= 11 is 6.40. The van der Waals surface area contributed by atoms with Crippen molar-refractivity contribution in [3.8, 4) is 0 Å². The van der Waals surface area contributed by atoms with Crippen LogP contribution in [0.15, 0.2) is 201 Å². The summed E-state index contributed by atoms with van der Waals surface area (Å²) in [7, 11) is 0. The maximum Gasteiger partial charge on any atom is 0.0620 e. The van der Waals surface area contributed by atoms with Crippen LogP contribution in [0.3, 0.4) is 0 Å². The number of aromatic nitrogens is 2. The number of alkyl halides is 2. The number of benzene rings is 12. The minimum atomic E-state index is 1.05. The molecule has 2 aromatic heterocycles. The standard InChI is InChI=1S/C30H19N.C28H17N.C2H4Br2/c1-2-31-29-25-17-9-5-13-21(25)19-11-3-7-15-23(19)27(29)28-24-16-8-4-12-20(24)22-14-6-10-18-26(22)30(28)31;1-5-13-21-17(9-1)19-11-3-7-15-23(19)27-25(21)26-22-14-6-2-10-18(22)20-12-4-8-16-24(20)28(26)29-27;3-1-2-4/h2-18H,1H2;1-16,29H;1-2H2. The molecule has 0 unspecified atom stereocenters. The minimum absolute atomic E-state index is 1.05. The molecule has 0 saturated heterocycles. The molecule has 0 fully saturated rings. The Labute approximate surface area is 386 Å². The molecular weight excluding hydrogens is 908 g/mol. The number of nitrogens with zero attached hydrogens (tertiary/aromatic N) is 1. The number of halogens is 2. The average molecular weight is 949 g/mol. The van der Waals surface area contributed by atoms with Gasteiger partial charge in [-0.1, -0.05) is 233 Å². The van der Waals surface area contributed by atoms with Crippen LogP contribution >= 0.6 is 31.9 Å². The van der Waals surface area contributed by atoms with Crippen LogP contribution in [0.1, 0.15) is 0 Å². The van der Waals surface area contributed by atoms with Crippen molar-refractivity contribution in [2.45, 2.75) is 0 Å². The number of hydrogen-bond acceptors (Lipinski definition) is 0. The van der Waals surface area contributed by atoms with Gasteiger partial charge in [0.15, 0.2) is 0 Å². The number of H-pyrrole nitrogens is 1. The maximum absolute atomic E-state index is 4.24. The van der Waals surface area contributed by atoms with E-state index < -0.39 is 0 Å². The zero-order chi connectivity index (χ0) is 42.9. The van der Waals surface area contributed by atoms with Crippen LogP contribution < -0.4 is 0 Å². The second kappa shape index (κ2) is 15.7. The first-order valence-corrected chi connectivity index (χ1v) is 24.0. The van der Waals surface area contributed by atoms with E-state index in [1.807, 2.05) is 6.20 Å². The number of hydrogen-bond donors (Lipinski definition) is 1. The highest BCUT2D eigenvalue weighted by atomic mass is 79.9. The van der Waals surface area contributed by atoms with Crippen molar-refractivity contribution in [1.82, 2.24) is 9.55 Å². The van der Waals surface area contributed by atoms with Crippen molar-refractivity contribution >= 4 is 168 Å². The van der Waals surface area contributed by atoms with Gasteiger partial charge in [0.25, 0.3) is 0 Å². The van der Waals surface area contributed by atoms with Gasteiger partial charge in [-0.05, 0) is 64.6 Å². The van der Waals surface area contributed by atoms with E-state index in [-0.39, 0.29) is 0 Å². The lowest BCUT2D eigenvalue weighted by Gasteiger charge is -2.09. The molecule has 0 aliphatic carbocycles. The van der Waals surface area contributed by atoms with Crippen molar-refractivity contribution in [2.75, 3.05) is 10.7 Å². The summed E-state index contributed by atoms with van der Waals surface area (Å²) < 4.78 is 2.31. The Morgan fingerprint density at radius 3 is 0.812 bits per heavy atom. The van der Waals surface area contributed by atoms with Gasteiger partial charge in [-0.25, -0.2) is 0 Å². The third-order valence-corrected chi connectivity index (χ3v) is 15.0. The van der Waals surface area contributed by atoms with Gasteiger partial charge in [0.1, 0.15) is 0 Å². The Morgan fingerprint density at radius 1 is 0.312 bits per heavy atom. The van der Waals surface area contributed by atoms with Crippen LogP contribution in [0, 0.1) is 0 Å². The zero-order valence-corrected chi connectivity index (χ0v) is 38.0. The van der Waals surface area contributed by atoms with Crippen molar-refractivity contribution in [2.24, 2.45) is 0 Å². The van der Waals surface area contributed by atoms with Gasteiger partial charge >= 0.3 is 0 Å². The number of fused-ring (bicyclic) bond motifs is 26. The minimum Gasteiger partial charge on any atom is -0.353 e. The third-order valence-electron chi connectivity index (χ3n) is 13.2. The van der Waals surface area contributed by atoms with Gasteiger partial charge in [0.2, 0.25) is 0 Å². The highest BCUT2D eigenvalue weighted by Gasteiger charge is 2.22. The zero-order valence-electron chi connectivity index (χ0n) is 34.9. The molecule has 64 heavy (non-hydrogen) atoms. The van der Waals surface area contributed by atoms with Crippen LogP contribution in [0.2, 0.25) is 0 Å². The van der Waals surface area contributed by atoms with Gasteiger partial charge in [-0.3, -0.25) is 0 Å². The molecule has 304 valence electrons. The molecule has 0 saturated carbocycles. The second-order valence-corrected chi connectivity index (χ2v) is 18.0. The summed E-state index contributed by atoms with van der Waals surface area (Å²) in [6.07, 6.45) is 1.98. The number of rotatable bonds is 2. The number of nitrogens with one attached hydrogen (secondary N) is 1. The molecule has 0 aliphatic heterocycles. The third kappa shape index (κ3) is 5.69. The van der Waals surface area contributed by atoms with E-state index >= 15 is 0 Å². The van der Waals surface area contributed by atoms with E-state index in [9.17, 15) is 0 Å². The first-order chi connectivity index (χ1) is 31.7. The average Bonchev–Trinajstić information content (AvgIpc) is 3.96. The lowest BCUT2D eigenvalue weighted by molar-refractivity contribution is 1.32. The summed E-state index contributed by atoms with van der Waals surface area (Å²) in [5.41, 5.74) is 4.94. The summed E-state index contributed by atoms with van der Waals surface area (Å²) in [6.45, 7) is 4.24. The van der Waals surface area contributed by atoms with Crippen LogP contribution in [-0.2, 0) is 0 Å². The van der Waals surface area contributed by atoms with Crippen molar-refractivity contribution < 1.29 is 0 Å². The summed E-state index contributed by atoms with van der Waals surface area (Å²) in [6, 6.07) is 70.2. The van der Waals surface area contributed by atoms with E-state index in [0.29, 0.717) is 0 Å². The Morgan fingerprint density at radius 2 is 0.531 bits per heavy atom. The molecule has 2 heterocycles. The fraction of sp³-hybridized carbons (Fsp3) is 0.0333. The van der Waals surface area contributed by atoms with Crippen LogP contribution in [0.4, 0.5) is 0 Å². The molecule has 4 heteroatoms. The highest BCUT2D eigenvalue weighted by molar-refractivity contribution is 9.11. The van der Waals surface area contributed by atoms with Crippen LogP contribution in [0.5, 0.6) is 0 Å². The molecule has 14 aromatic rings. The summed E-state index contributed by atoms with van der Waals surface area (Å²) in [4.78, 5) is 3.85. The highest BCUT2D eigenvalue weighted by Crippen LogP contribution is 2.47. The molecule has 0 spiro atoms. The predicted octanol–water partition coefficient (Wildman–Crippen LogP) is 18.2. The normalized spacial score (nSPS) is 11.8. The van der Waals surface area contributed by atoms with Gasteiger partial charge in [-0.2, -0.15) is 0 Å². The fourth-order valence-corrected chi connectivity index (χ4v) is 10.7. The molecule has 0 amide bonds. The first kappa shape index (κ1) is 38.7. The van der Waals surface area contributed by atoms with Crippen LogP contribution in [-0.4, -0.2) is 20.2 Å². The van der Waals surface area contributed by atoms with Gasteiger partial charge < -0.3 is 9.55 Å². The monoisotopic (exact) mass is 946 g/mol. The molecule has 0 aliphatic rings. The van der Waals surface area contributed by atoms with E-state index in [4.69, 9.17) is 0 Å². The molecule has 12 aromatic carbocycles. The van der Waals surface area contributed by atoms with Gasteiger partial charge in [0, 0.05) is 59.9 Å². The summed E-state index contributed by atoms with van der Waals surface area (Å²) in [5.74, 6) is 0. The molecule has 1 N–H and O–H groups in total. The first-order valence-electron chi connectivity index (χ1n) is 21.8. The molecule has 0 radical (unpaired) electrons. The van der Waals surface area contributed by atoms with Crippen molar-refractivity contribution in [3.05, 3.63) is 201 Å². The van der Waals surface area contributed by atoms with Gasteiger partial charge in [0.05, 0.1) is 22.1 Å². The van der Waals surface area contributed by atoms with E-state index in [1.165, 1.54) is 130 Å². The van der Waals surface area contributed by atoms with Gasteiger partial charge in [-0.15, -0.1) is 0 Å². The topological polar surface area (TPSA) is 20.7 Å². The fourth-order valence-electron chi connectivity index (χ4n) is 10.7. The predicted molar refractivity (Wildman–Crippen MR) is 289 cm³/mol. The van der Waals surface area contributed by atoms with Crippen molar-refractivity contribution in [3.63, 3.8) is 0 Å². The molecule has 14 rings (SSSR count). The Kier molecular flexibility index (Phi) is 9.47. The molecule has 0 atom stereocenters. The second-order valence-electron chi connectivity index (χ2n) is 16.4.